The van der Waals surface area contributed by atoms with E-state index in [1.165, 1.54) is 0 Å². The van der Waals surface area contributed by atoms with Gasteiger partial charge < -0.3 is 8.83 Å². The smallest absolute Gasteiger partial charge is 0.236 e. The molecule has 0 bridgehead atoms. The predicted molar refractivity (Wildman–Crippen MR) is 225 cm³/mol. The van der Waals surface area contributed by atoms with Crippen molar-refractivity contribution < 1.29 is 8.83 Å². The third-order valence-electron chi connectivity index (χ3n) is 11.0. The Morgan fingerprint density at radius 2 is 1.00 bits per heavy atom. The van der Waals surface area contributed by atoms with Crippen molar-refractivity contribution in [3.05, 3.63) is 176 Å². The highest BCUT2D eigenvalue weighted by molar-refractivity contribution is 6.23. The summed E-state index contributed by atoms with van der Waals surface area (Å²) in [4.78, 5) is 10.9. The van der Waals surface area contributed by atoms with Crippen LogP contribution in [0.5, 0.6) is 0 Å². The van der Waals surface area contributed by atoms with Gasteiger partial charge in [-0.05, 0) is 93.7 Å². The van der Waals surface area contributed by atoms with Gasteiger partial charge in [0.2, 0.25) is 5.95 Å². The Labute approximate surface area is 314 Å². The van der Waals surface area contributed by atoms with Crippen LogP contribution in [0.2, 0.25) is 0 Å². The van der Waals surface area contributed by atoms with Gasteiger partial charge >= 0.3 is 0 Å². The highest BCUT2D eigenvalue weighted by atomic mass is 16.3. The molecule has 0 N–H and O–H groups in total. The zero-order valence-electron chi connectivity index (χ0n) is 29.4. The van der Waals surface area contributed by atoms with E-state index < -0.39 is 0 Å². The quantitative estimate of drug-likeness (QED) is 0.183. The van der Waals surface area contributed by atoms with E-state index in [1.807, 2.05) is 30.3 Å². The zero-order valence-corrected chi connectivity index (χ0v) is 29.4. The molecule has 0 fully saturated rings. The van der Waals surface area contributed by atoms with Crippen LogP contribution in [-0.4, -0.2) is 14.5 Å². The molecule has 0 unspecified atom stereocenters. The minimum Gasteiger partial charge on any atom is -0.456 e. The van der Waals surface area contributed by atoms with E-state index in [1.54, 1.807) is 0 Å². The Balaban J connectivity index is 1.20. The number of nitrogens with zero attached hydrogens (tertiary/aromatic N) is 3. The number of aromatic nitrogens is 3. The predicted octanol–water partition coefficient (Wildman–Crippen LogP) is 13.5. The fourth-order valence-electron chi connectivity index (χ4n) is 8.46. The molecule has 0 atom stereocenters. The van der Waals surface area contributed by atoms with Crippen LogP contribution < -0.4 is 0 Å². The van der Waals surface area contributed by atoms with Gasteiger partial charge in [0.25, 0.3) is 0 Å². The van der Waals surface area contributed by atoms with E-state index in [4.69, 9.17) is 18.8 Å². The summed E-state index contributed by atoms with van der Waals surface area (Å²) in [5.74, 6) is 0.579. The second kappa shape index (κ2) is 11.5. The molecule has 12 rings (SSSR count). The molecule has 0 amide bonds. The van der Waals surface area contributed by atoms with E-state index in [2.05, 4.69) is 150 Å². The van der Waals surface area contributed by atoms with Gasteiger partial charge in [-0.25, -0.2) is 9.97 Å². The first kappa shape index (κ1) is 30.0. The fourth-order valence-corrected chi connectivity index (χ4v) is 8.46. The zero-order chi connectivity index (χ0) is 36.0. The summed E-state index contributed by atoms with van der Waals surface area (Å²) in [6.07, 6.45) is 0. The monoisotopic (exact) mass is 703 g/mol. The van der Waals surface area contributed by atoms with Crippen molar-refractivity contribution in [2.75, 3.05) is 0 Å². The van der Waals surface area contributed by atoms with Crippen LogP contribution in [0.4, 0.5) is 0 Å². The van der Waals surface area contributed by atoms with Crippen molar-refractivity contribution in [2.45, 2.75) is 0 Å². The second-order valence-electron chi connectivity index (χ2n) is 14.2. The molecular formula is C50H29N3O2. The summed E-state index contributed by atoms with van der Waals surface area (Å²) in [6, 6.07) is 61.5. The average molecular weight is 704 g/mol. The number of rotatable bonds is 4. The topological polar surface area (TPSA) is 57.0 Å². The minimum atomic E-state index is 0.579. The molecule has 0 aliphatic heterocycles. The molecule has 4 heterocycles. The van der Waals surface area contributed by atoms with Crippen molar-refractivity contribution in [3.8, 4) is 39.5 Å². The van der Waals surface area contributed by atoms with Crippen molar-refractivity contribution in [2.24, 2.45) is 0 Å². The molecule has 55 heavy (non-hydrogen) atoms. The first-order valence-corrected chi connectivity index (χ1v) is 18.5. The highest BCUT2D eigenvalue weighted by Crippen LogP contribution is 2.42. The first-order chi connectivity index (χ1) is 27.2. The summed E-state index contributed by atoms with van der Waals surface area (Å²) in [7, 11) is 0. The molecular weight excluding hydrogens is 675 g/mol. The Morgan fingerprint density at radius 1 is 0.382 bits per heavy atom. The third-order valence-corrected chi connectivity index (χ3v) is 11.0. The third kappa shape index (κ3) is 4.53. The molecule has 8 aromatic carbocycles. The van der Waals surface area contributed by atoms with E-state index in [-0.39, 0.29) is 0 Å². The summed E-state index contributed by atoms with van der Waals surface area (Å²) < 4.78 is 15.2. The number of hydrogen-bond acceptors (Lipinski definition) is 4. The molecule has 4 aromatic heterocycles. The van der Waals surface area contributed by atoms with Gasteiger partial charge in [-0.3, -0.25) is 4.57 Å². The maximum Gasteiger partial charge on any atom is 0.236 e. The van der Waals surface area contributed by atoms with Gasteiger partial charge in [-0.2, -0.15) is 0 Å². The SMILES string of the molecule is c1ccc(-c2cc(-c3ccccc3)cc(-c3nc(-n4c5ccccc5c5cc6ccc7oc8ccccc8c7c6cc54)nc4c3oc3ccccc34)c2)cc1. The molecule has 0 saturated carbocycles. The summed E-state index contributed by atoms with van der Waals surface area (Å²) >= 11 is 0. The first-order valence-electron chi connectivity index (χ1n) is 18.5. The Bertz CT molecular complexity index is 3430. The number of furan rings is 2. The second-order valence-corrected chi connectivity index (χ2v) is 14.2. The maximum absolute atomic E-state index is 6.67. The average Bonchev–Trinajstić information content (AvgIpc) is 3.92. The lowest BCUT2D eigenvalue weighted by atomic mass is 9.95. The molecule has 0 saturated heterocycles. The number of fused-ring (bicyclic) bond motifs is 11. The molecule has 0 aliphatic carbocycles. The van der Waals surface area contributed by atoms with E-state index >= 15 is 0 Å². The highest BCUT2D eigenvalue weighted by Gasteiger charge is 2.23. The van der Waals surface area contributed by atoms with E-state index in [0.717, 1.165) is 105 Å². The van der Waals surface area contributed by atoms with Gasteiger partial charge in [0.1, 0.15) is 28.0 Å². The summed E-state index contributed by atoms with van der Waals surface area (Å²) in [6.45, 7) is 0. The molecule has 0 radical (unpaired) electrons. The lowest BCUT2D eigenvalue weighted by Crippen LogP contribution is -2.03. The Kier molecular flexibility index (Phi) is 6.27. The van der Waals surface area contributed by atoms with Crippen molar-refractivity contribution >= 4 is 76.6 Å². The van der Waals surface area contributed by atoms with Crippen molar-refractivity contribution in [3.63, 3.8) is 0 Å². The normalized spacial score (nSPS) is 12.0. The Morgan fingerprint density at radius 3 is 1.75 bits per heavy atom. The molecule has 12 aromatic rings. The lowest BCUT2D eigenvalue weighted by Gasteiger charge is -2.13. The number of hydrogen-bond donors (Lipinski definition) is 0. The van der Waals surface area contributed by atoms with Crippen molar-refractivity contribution in [1.29, 1.82) is 0 Å². The largest absolute Gasteiger partial charge is 0.456 e. The van der Waals surface area contributed by atoms with Crippen LogP contribution >= 0.6 is 0 Å². The molecule has 5 nitrogen and oxygen atoms in total. The van der Waals surface area contributed by atoms with Crippen LogP contribution in [0, 0.1) is 0 Å². The van der Waals surface area contributed by atoms with Gasteiger partial charge in [0, 0.05) is 32.5 Å². The minimum absolute atomic E-state index is 0.579. The summed E-state index contributed by atoms with van der Waals surface area (Å²) in [5.41, 5.74) is 12.1. The van der Waals surface area contributed by atoms with Crippen LogP contribution in [0.3, 0.4) is 0 Å². The maximum atomic E-state index is 6.67. The van der Waals surface area contributed by atoms with Crippen LogP contribution in [0.15, 0.2) is 185 Å². The van der Waals surface area contributed by atoms with Gasteiger partial charge in [-0.1, -0.05) is 115 Å². The molecule has 0 spiro atoms. The Hall–Kier alpha value is -7.50. The number of para-hydroxylation sites is 3. The van der Waals surface area contributed by atoms with Gasteiger partial charge in [-0.15, -0.1) is 0 Å². The van der Waals surface area contributed by atoms with Crippen LogP contribution in [-0.2, 0) is 0 Å². The standard InChI is InChI=1S/C50H29N3O2/c1-3-13-30(14-4-1)33-25-34(31-15-5-2-6-16-31)27-35(26-33)47-49-48(38-19-9-12-22-44(38)55-49)52-50(51-47)53-41-20-10-7-17-36(41)40-28-32-23-24-45-46(39(32)29-42(40)53)37-18-8-11-21-43(37)54-45/h1-29H. The molecule has 0 aliphatic rings. The summed E-state index contributed by atoms with van der Waals surface area (Å²) in [5, 5.41) is 7.70. The fraction of sp³-hybridized carbons (Fsp3) is 0. The van der Waals surface area contributed by atoms with E-state index in [0.29, 0.717) is 11.5 Å². The number of benzene rings is 8. The van der Waals surface area contributed by atoms with E-state index in [9.17, 15) is 0 Å². The molecule has 256 valence electrons. The lowest BCUT2D eigenvalue weighted by molar-refractivity contribution is 0.666. The van der Waals surface area contributed by atoms with Gasteiger partial charge in [0.05, 0.1) is 11.0 Å². The van der Waals surface area contributed by atoms with Crippen molar-refractivity contribution in [1.82, 2.24) is 14.5 Å². The van der Waals surface area contributed by atoms with Crippen LogP contribution in [0.1, 0.15) is 0 Å². The molecule has 5 heteroatoms. The van der Waals surface area contributed by atoms with Crippen LogP contribution in [0.25, 0.3) is 116 Å². The van der Waals surface area contributed by atoms with Gasteiger partial charge in [0.15, 0.2) is 5.58 Å².